The maximum atomic E-state index is 12.4. The van der Waals surface area contributed by atoms with Crippen molar-refractivity contribution in [1.29, 1.82) is 0 Å². The van der Waals surface area contributed by atoms with Crippen molar-refractivity contribution < 1.29 is 9.90 Å². The largest absolute Gasteiger partial charge is 0.480 e. The fourth-order valence-corrected chi connectivity index (χ4v) is 4.29. The van der Waals surface area contributed by atoms with Crippen LogP contribution in [0.2, 0.25) is 0 Å². The van der Waals surface area contributed by atoms with Gasteiger partial charge in [0.05, 0.1) is 5.56 Å². The van der Waals surface area contributed by atoms with Gasteiger partial charge in [-0.2, -0.15) is 0 Å². The first-order valence-corrected chi connectivity index (χ1v) is 9.17. The van der Waals surface area contributed by atoms with Crippen molar-refractivity contribution in [3.63, 3.8) is 0 Å². The van der Waals surface area contributed by atoms with E-state index in [0.29, 0.717) is 22.8 Å². The van der Waals surface area contributed by atoms with E-state index in [9.17, 15) is 14.7 Å². The van der Waals surface area contributed by atoms with Crippen molar-refractivity contribution in [3.8, 4) is 0 Å². The number of carboxylic acid groups (broad SMARTS) is 1. The van der Waals surface area contributed by atoms with Gasteiger partial charge in [-0.05, 0) is 16.5 Å². The highest BCUT2D eigenvalue weighted by Crippen LogP contribution is 2.42. The Morgan fingerprint density at radius 1 is 1.28 bits per heavy atom. The molecular formula is C19H22N2O3S. The number of nitrogens with one attached hydrogen (secondary N) is 1. The van der Waals surface area contributed by atoms with Crippen molar-refractivity contribution in [1.82, 2.24) is 9.97 Å². The summed E-state index contributed by atoms with van der Waals surface area (Å²) in [4.78, 5) is 31.0. The molecular weight excluding hydrogens is 336 g/mol. The van der Waals surface area contributed by atoms with Crippen molar-refractivity contribution in [3.05, 3.63) is 57.1 Å². The molecule has 2 unspecified atom stereocenters. The maximum Gasteiger partial charge on any atom is 0.317 e. The number of H-pyrrole nitrogens is 1. The Bertz CT molecular complexity index is 866. The van der Waals surface area contributed by atoms with Crippen LogP contribution in [0.1, 0.15) is 56.1 Å². The fourth-order valence-electron chi connectivity index (χ4n) is 3.04. The standard InChI is InChI=1S/C19H22N2O3S/c1-10-14-16(22)20-13(21-17(14)25-15(10)18(23)24)9-11-5-7-12(8-6-11)19(2,3)4/h5-8,10,15H,9H2,1-4H3,(H,23,24)(H,20,21,22). The highest BCUT2D eigenvalue weighted by molar-refractivity contribution is 8.00. The molecule has 0 aliphatic carbocycles. The lowest BCUT2D eigenvalue weighted by molar-refractivity contribution is -0.136. The Morgan fingerprint density at radius 2 is 1.92 bits per heavy atom. The molecule has 6 heteroatoms. The molecule has 0 spiro atoms. The lowest BCUT2D eigenvalue weighted by Crippen LogP contribution is -2.23. The quantitative estimate of drug-likeness (QED) is 0.823. The second-order valence-corrected chi connectivity index (χ2v) is 8.65. The summed E-state index contributed by atoms with van der Waals surface area (Å²) in [5, 5.41) is 9.18. The van der Waals surface area contributed by atoms with E-state index in [2.05, 4.69) is 42.9 Å². The number of aromatic nitrogens is 2. The third-order valence-corrected chi connectivity index (χ3v) is 5.95. The third-order valence-electron chi connectivity index (χ3n) is 4.55. The van der Waals surface area contributed by atoms with E-state index in [1.807, 2.05) is 12.1 Å². The van der Waals surface area contributed by atoms with Gasteiger partial charge in [-0.15, -0.1) is 0 Å². The highest BCUT2D eigenvalue weighted by atomic mass is 32.2. The molecule has 2 aromatic rings. The van der Waals surface area contributed by atoms with Crippen LogP contribution in [-0.2, 0) is 16.6 Å². The molecule has 1 aliphatic heterocycles. The van der Waals surface area contributed by atoms with Gasteiger partial charge in [0.2, 0.25) is 0 Å². The smallest absolute Gasteiger partial charge is 0.317 e. The van der Waals surface area contributed by atoms with Gasteiger partial charge in [-0.1, -0.05) is 63.7 Å². The average Bonchev–Trinajstić information content (AvgIpc) is 2.84. The first-order chi connectivity index (χ1) is 11.7. The summed E-state index contributed by atoms with van der Waals surface area (Å²) in [6, 6.07) is 8.28. The lowest BCUT2D eigenvalue weighted by Gasteiger charge is -2.19. The number of hydrogen-bond donors (Lipinski definition) is 2. The topological polar surface area (TPSA) is 83.0 Å². The minimum absolute atomic E-state index is 0.0945. The van der Waals surface area contributed by atoms with Crippen molar-refractivity contribution in [2.24, 2.45) is 0 Å². The van der Waals surface area contributed by atoms with Crippen LogP contribution in [-0.4, -0.2) is 26.3 Å². The Morgan fingerprint density at radius 3 is 2.48 bits per heavy atom. The van der Waals surface area contributed by atoms with Gasteiger partial charge < -0.3 is 10.1 Å². The number of rotatable bonds is 3. The van der Waals surface area contributed by atoms with Gasteiger partial charge in [-0.3, -0.25) is 9.59 Å². The molecule has 1 aromatic heterocycles. The molecule has 0 amide bonds. The van der Waals surface area contributed by atoms with Gasteiger partial charge in [0.1, 0.15) is 16.1 Å². The number of aromatic amines is 1. The molecule has 0 fully saturated rings. The molecule has 1 aromatic carbocycles. The summed E-state index contributed by atoms with van der Waals surface area (Å²) in [5.74, 6) is -0.680. The molecule has 25 heavy (non-hydrogen) atoms. The molecule has 0 saturated heterocycles. The summed E-state index contributed by atoms with van der Waals surface area (Å²) < 4.78 is 0. The van der Waals surface area contributed by atoms with Crippen LogP contribution in [0.25, 0.3) is 0 Å². The van der Waals surface area contributed by atoms with Crippen LogP contribution in [0.5, 0.6) is 0 Å². The van der Waals surface area contributed by atoms with Crippen molar-refractivity contribution in [2.45, 2.75) is 55.7 Å². The van der Waals surface area contributed by atoms with Crippen LogP contribution in [0.15, 0.2) is 34.1 Å². The SMILES string of the molecule is CC1c2c(nc(Cc3ccc(C(C)(C)C)cc3)[nH]c2=O)SC1C(=O)O. The molecule has 3 rings (SSSR count). The van der Waals surface area contributed by atoms with Crippen LogP contribution < -0.4 is 5.56 Å². The molecule has 0 saturated carbocycles. The zero-order chi connectivity index (χ0) is 18.4. The number of fused-ring (bicyclic) bond motifs is 1. The lowest BCUT2D eigenvalue weighted by atomic mass is 9.86. The Kier molecular flexibility index (Phi) is 4.49. The van der Waals surface area contributed by atoms with Gasteiger partial charge >= 0.3 is 5.97 Å². The monoisotopic (exact) mass is 358 g/mol. The summed E-state index contributed by atoms with van der Waals surface area (Å²) in [7, 11) is 0. The van der Waals surface area contributed by atoms with E-state index in [-0.39, 0.29) is 16.9 Å². The Balaban J connectivity index is 1.87. The number of carboxylic acids is 1. The first kappa shape index (κ1) is 17.7. The van der Waals surface area contributed by atoms with Crippen molar-refractivity contribution in [2.75, 3.05) is 0 Å². The van der Waals surface area contributed by atoms with Crippen LogP contribution >= 0.6 is 11.8 Å². The minimum Gasteiger partial charge on any atom is -0.480 e. The van der Waals surface area contributed by atoms with E-state index in [4.69, 9.17) is 0 Å². The molecule has 2 N–H and O–H groups in total. The predicted octanol–water partition coefficient (Wildman–Crippen LogP) is 3.32. The first-order valence-electron chi connectivity index (χ1n) is 8.29. The number of carbonyl (C=O) groups is 1. The molecule has 2 heterocycles. The van der Waals surface area contributed by atoms with Gasteiger partial charge in [0, 0.05) is 12.3 Å². The van der Waals surface area contributed by atoms with E-state index >= 15 is 0 Å². The molecule has 2 atom stereocenters. The number of hydrogen-bond acceptors (Lipinski definition) is 4. The van der Waals surface area contributed by atoms with Gasteiger partial charge in [0.15, 0.2) is 0 Å². The molecule has 0 radical (unpaired) electrons. The zero-order valence-corrected chi connectivity index (χ0v) is 15.6. The fraction of sp³-hybridized carbons (Fsp3) is 0.421. The molecule has 1 aliphatic rings. The third kappa shape index (κ3) is 3.49. The van der Waals surface area contributed by atoms with Crippen LogP contribution in [0, 0.1) is 0 Å². The van der Waals surface area contributed by atoms with Gasteiger partial charge in [0.25, 0.3) is 5.56 Å². The van der Waals surface area contributed by atoms with Crippen molar-refractivity contribution >= 4 is 17.7 Å². The van der Waals surface area contributed by atoms with Crippen LogP contribution in [0.4, 0.5) is 0 Å². The number of thioether (sulfide) groups is 1. The number of benzene rings is 1. The Hall–Kier alpha value is -2.08. The highest BCUT2D eigenvalue weighted by Gasteiger charge is 2.38. The second-order valence-electron chi connectivity index (χ2n) is 7.52. The molecule has 132 valence electrons. The van der Waals surface area contributed by atoms with E-state index < -0.39 is 11.2 Å². The maximum absolute atomic E-state index is 12.4. The summed E-state index contributed by atoms with van der Waals surface area (Å²) in [6.45, 7) is 8.26. The minimum atomic E-state index is -0.908. The van der Waals surface area contributed by atoms with Crippen LogP contribution in [0.3, 0.4) is 0 Å². The van der Waals surface area contributed by atoms with Gasteiger partial charge in [-0.25, -0.2) is 4.98 Å². The Labute approximate surface area is 150 Å². The second kappa shape index (κ2) is 6.33. The predicted molar refractivity (Wildman–Crippen MR) is 98.5 cm³/mol. The zero-order valence-electron chi connectivity index (χ0n) is 14.8. The molecule has 5 nitrogen and oxygen atoms in total. The summed E-state index contributed by atoms with van der Waals surface area (Å²) in [6.07, 6.45) is 0.514. The summed E-state index contributed by atoms with van der Waals surface area (Å²) in [5.41, 5.74) is 2.67. The summed E-state index contributed by atoms with van der Waals surface area (Å²) >= 11 is 1.17. The number of aliphatic carboxylic acids is 1. The van der Waals surface area contributed by atoms with E-state index in [1.54, 1.807) is 6.92 Å². The molecule has 0 bridgehead atoms. The van der Waals surface area contributed by atoms with E-state index in [0.717, 1.165) is 5.56 Å². The normalized spacial score (nSPS) is 19.7. The van der Waals surface area contributed by atoms with E-state index in [1.165, 1.54) is 17.3 Å². The average molecular weight is 358 g/mol. The number of nitrogens with zero attached hydrogens (tertiary/aromatic N) is 1.